The zero-order valence-corrected chi connectivity index (χ0v) is 14.1. The number of para-hydroxylation sites is 2. The van der Waals surface area contributed by atoms with Crippen molar-refractivity contribution < 1.29 is 4.74 Å². The molecule has 1 fully saturated rings. The minimum Gasteiger partial charge on any atom is -0.436 e. The summed E-state index contributed by atoms with van der Waals surface area (Å²) in [6.45, 7) is 6.17. The van der Waals surface area contributed by atoms with Gasteiger partial charge in [0, 0.05) is 13.1 Å². The zero-order valence-electron chi connectivity index (χ0n) is 14.1. The molecular formula is C20H21N3O. The van der Waals surface area contributed by atoms with Crippen LogP contribution >= 0.6 is 0 Å². The van der Waals surface area contributed by atoms with Crippen LogP contribution in [0.25, 0.3) is 11.0 Å². The first-order chi connectivity index (χ1) is 11.7. The van der Waals surface area contributed by atoms with E-state index in [0.717, 1.165) is 35.7 Å². The first-order valence-corrected chi connectivity index (χ1v) is 8.47. The van der Waals surface area contributed by atoms with Gasteiger partial charge in [-0.05, 0) is 62.1 Å². The molecule has 4 nitrogen and oxygen atoms in total. The lowest BCUT2D eigenvalue weighted by atomic mass is 10.1. The molecule has 4 heteroatoms. The zero-order chi connectivity index (χ0) is 16.5. The molecule has 0 aliphatic carbocycles. The van der Waals surface area contributed by atoms with Gasteiger partial charge >= 0.3 is 0 Å². The maximum Gasteiger partial charge on any atom is 0.263 e. The summed E-state index contributed by atoms with van der Waals surface area (Å²) >= 11 is 0. The number of nitrogens with zero attached hydrogens (tertiary/aromatic N) is 3. The van der Waals surface area contributed by atoms with Gasteiger partial charge in [-0.1, -0.05) is 18.2 Å². The highest BCUT2D eigenvalue weighted by molar-refractivity contribution is 5.77. The number of aromatic nitrogens is 2. The number of ether oxygens (including phenoxy) is 1. The van der Waals surface area contributed by atoms with Crippen LogP contribution in [0.2, 0.25) is 0 Å². The molecule has 0 N–H and O–H groups in total. The summed E-state index contributed by atoms with van der Waals surface area (Å²) in [6.07, 6.45) is 2.38. The van der Waals surface area contributed by atoms with Crippen molar-refractivity contribution in [1.29, 1.82) is 0 Å². The molecule has 1 aliphatic heterocycles. The number of hydrogen-bond donors (Lipinski definition) is 0. The molecule has 1 saturated heterocycles. The van der Waals surface area contributed by atoms with Gasteiger partial charge in [0.25, 0.3) is 5.88 Å². The average molecular weight is 319 g/mol. The first-order valence-electron chi connectivity index (χ1n) is 8.47. The molecule has 1 aromatic heterocycles. The molecule has 2 aromatic carbocycles. The van der Waals surface area contributed by atoms with E-state index in [9.17, 15) is 0 Å². The molecule has 0 radical (unpaired) electrons. The Balaban J connectivity index is 1.80. The van der Waals surface area contributed by atoms with Gasteiger partial charge in [0.05, 0.1) is 11.0 Å². The van der Waals surface area contributed by atoms with Crippen LogP contribution in [0, 0.1) is 13.8 Å². The second-order valence-corrected chi connectivity index (χ2v) is 6.46. The minimum atomic E-state index is 0.598. The molecule has 0 amide bonds. The van der Waals surface area contributed by atoms with E-state index < -0.39 is 0 Å². The van der Waals surface area contributed by atoms with Gasteiger partial charge < -0.3 is 9.64 Å². The summed E-state index contributed by atoms with van der Waals surface area (Å²) in [5.41, 5.74) is 4.13. The van der Waals surface area contributed by atoms with Crippen molar-refractivity contribution >= 4 is 16.9 Å². The highest BCUT2D eigenvalue weighted by Gasteiger charge is 2.21. The molecule has 1 aliphatic rings. The molecule has 2 heterocycles. The molecule has 24 heavy (non-hydrogen) atoms. The molecular weight excluding hydrogens is 298 g/mol. The van der Waals surface area contributed by atoms with Crippen LogP contribution in [-0.4, -0.2) is 23.1 Å². The van der Waals surface area contributed by atoms with E-state index in [-0.39, 0.29) is 0 Å². The number of benzene rings is 2. The fourth-order valence-corrected chi connectivity index (χ4v) is 3.28. The van der Waals surface area contributed by atoms with E-state index in [4.69, 9.17) is 14.7 Å². The molecule has 3 aromatic rings. The third kappa shape index (κ3) is 2.92. The van der Waals surface area contributed by atoms with Crippen LogP contribution in [0.3, 0.4) is 0 Å². The predicted molar refractivity (Wildman–Crippen MR) is 97.0 cm³/mol. The van der Waals surface area contributed by atoms with Gasteiger partial charge in [0.2, 0.25) is 0 Å². The number of aryl methyl sites for hydroxylation is 2. The van der Waals surface area contributed by atoms with Gasteiger partial charge in [-0.25, -0.2) is 9.97 Å². The van der Waals surface area contributed by atoms with Crippen LogP contribution in [0.5, 0.6) is 11.6 Å². The molecule has 0 unspecified atom stereocenters. The number of rotatable bonds is 3. The van der Waals surface area contributed by atoms with E-state index in [1.54, 1.807) is 0 Å². The first kappa shape index (κ1) is 14.9. The van der Waals surface area contributed by atoms with Crippen LogP contribution < -0.4 is 9.64 Å². The van der Waals surface area contributed by atoms with E-state index >= 15 is 0 Å². The lowest BCUT2D eigenvalue weighted by Crippen LogP contribution is -2.20. The largest absolute Gasteiger partial charge is 0.436 e. The maximum absolute atomic E-state index is 6.18. The van der Waals surface area contributed by atoms with E-state index in [0.29, 0.717) is 5.88 Å². The third-order valence-electron chi connectivity index (χ3n) is 4.34. The molecule has 0 saturated carbocycles. The highest BCUT2D eigenvalue weighted by atomic mass is 16.5. The Morgan fingerprint density at radius 3 is 2.17 bits per heavy atom. The van der Waals surface area contributed by atoms with E-state index in [2.05, 4.69) is 24.8 Å². The Bertz CT molecular complexity index is 865. The van der Waals surface area contributed by atoms with E-state index in [1.807, 2.05) is 36.4 Å². The van der Waals surface area contributed by atoms with Crippen molar-refractivity contribution in [3.05, 3.63) is 53.6 Å². The quantitative estimate of drug-likeness (QED) is 0.705. The number of anilines is 1. The Morgan fingerprint density at radius 1 is 0.875 bits per heavy atom. The molecule has 0 bridgehead atoms. The Hall–Kier alpha value is -2.62. The molecule has 0 spiro atoms. The summed E-state index contributed by atoms with van der Waals surface area (Å²) in [4.78, 5) is 11.9. The third-order valence-corrected chi connectivity index (χ3v) is 4.34. The van der Waals surface area contributed by atoms with Gasteiger partial charge in [0.15, 0.2) is 5.82 Å². The smallest absolute Gasteiger partial charge is 0.263 e. The van der Waals surface area contributed by atoms with Crippen LogP contribution in [0.1, 0.15) is 24.0 Å². The summed E-state index contributed by atoms with van der Waals surface area (Å²) in [6, 6.07) is 14.2. The Morgan fingerprint density at radius 2 is 1.50 bits per heavy atom. The summed E-state index contributed by atoms with van der Waals surface area (Å²) in [5, 5.41) is 0. The second-order valence-electron chi connectivity index (χ2n) is 6.46. The Labute approximate surface area is 142 Å². The molecule has 0 atom stereocenters. The van der Waals surface area contributed by atoms with Crippen molar-refractivity contribution in [2.24, 2.45) is 0 Å². The standard InChI is InChI=1S/C20H21N3O/c1-14-11-15(2)13-16(12-14)24-20-19(23-9-5-6-10-23)21-17-7-3-4-8-18(17)22-20/h3-4,7-8,11-13H,5-6,9-10H2,1-2H3. The molecule has 4 rings (SSSR count). The second kappa shape index (κ2) is 6.11. The predicted octanol–water partition coefficient (Wildman–Crippen LogP) is 4.64. The number of fused-ring (bicyclic) bond motifs is 1. The minimum absolute atomic E-state index is 0.598. The monoisotopic (exact) mass is 319 g/mol. The van der Waals surface area contributed by atoms with Crippen molar-refractivity contribution in [3.8, 4) is 11.6 Å². The summed E-state index contributed by atoms with van der Waals surface area (Å²) in [7, 11) is 0. The average Bonchev–Trinajstić information content (AvgIpc) is 3.07. The molecule has 122 valence electrons. The fourth-order valence-electron chi connectivity index (χ4n) is 3.28. The lowest BCUT2D eigenvalue weighted by Gasteiger charge is -2.20. The van der Waals surface area contributed by atoms with Crippen LogP contribution in [0.15, 0.2) is 42.5 Å². The topological polar surface area (TPSA) is 38.3 Å². The van der Waals surface area contributed by atoms with Gasteiger partial charge in [-0.3, -0.25) is 0 Å². The van der Waals surface area contributed by atoms with Crippen LogP contribution in [-0.2, 0) is 0 Å². The van der Waals surface area contributed by atoms with Crippen molar-refractivity contribution in [2.75, 3.05) is 18.0 Å². The van der Waals surface area contributed by atoms with Gasteiger partial charge in [-0.2, -0.15) is 0 Å². The maximum atomic E-state index is 6.18. The van der Waals surface area contributed by atoms with Crippen molar-refractivity contribution in [3.63, 3.8) is 0 Å². The Kier molecular flexibility index (Phi) is 3.81. The summed E-state index contributed by atoms with van der Waals surface area (Å²) in [5.74, 6) is 2.27. The van der Waals surface area contributed by atoms with Crippen molar-refractivity contribution in [2.45, 2.75) is 26.7 Å². The van der Waals surface area contributed by atoms with E-state index in [1.165, 1.54) is 24.0 Å². The lowest BCUT2D eigenvalue weighted by molar-refractivity contribution is 0.461. The number of hydrogen-bond acceptors (Lipinski definition) is 4. The van der Waals surface area contributed by atoms with Gasteiger partial charge in [-0.15, -0.1) is 0 Å². The highest BCUT2D eigenvalue weighted by Crippen LogP contribution is 2.33. The SMILES string of the molecule is Cc1cc(C)cc(Oc2nc3ccccc3nc2N2CCCC2)c1. The normalized spacial score (nSPS) is 14.3. The van der Waals surface area contributed by atoms with Gasteiger partial charge in [0.1, 0.15) is 5.75 Å². The summed E-state index contributed by atoms with van der Waals surface area (Å²) < 4.78 is 6.18. The van der Waals surface area contributed by atoms with Crippen LogP contribution in [0.4, 0.5) is 5.82 Å². The fraction of sp³-hybridized carbons (Fsp3) is 0.300. The van der Waals surface area contributed by atoms with Crippen molar-refractivity contribution in [1.82, 2.24) is 9.97 Å².